The van der Waals surface area contributed by atoms with Gasteiger partial charge >= 0.3 is 0 Å². The van der Waals surface area contributed by atoms with Gasteiger partial charge in [-0.15, -0.1) is 11.3 Å². The normalized spacial score (nSPS) is 10.7. The van der Waals surface area contributed by atoms with E-state index in [0.29, 0.717) is 17.4 Å². The third-order valence-electron chi connectivity index (χ3n) is 2.66. The molecule has 2 aromatic rings. The molecule has 1 heterocycles. The van der Waals surface area contributed by atoms with E-state index >= 15 is 0 Å². The van der Waals surface area contributed by atoms with Crippen molar-refractivity contribution in [1.29, 1.82) is 0 Å². The summed E-state index contributed by atoms with van der Waals surface area (Å²) in [7, 11) is 0. The van der Waals surface area contributed by atoms with Crippen LogP contribution in [-0.4, -0.2) is 11.5 Å². The molecule has 0 atom stereocenters. The molecule has 0 amide bonds. The zero-order chi connectivity index (χ0) is 13.7. The molecular formula is C14H17ClN2OS. The molecule has 3 nitrogen and oxygen atoms in total. The number of halogens is 1. The minimum atomic E-state index is 0.460. The summed E-state index contributed by atoms with van der Waals surface area (Å²) in [4.78, 5) is 5.78. The van der Waals surface area contributed by atoms with Gasteiger partial charge in [-0.2, -0.15) is 0 Å². The van der Waals surface area contributed by atoms with E-state index in [9.17, 15) is 0 Å². The lowest BCUT2D eigenvalue weighted by atomic mass is 10.3. The van der Waals surface area contributed by atoms with Crippen molar-refractivity contribution >= 4 is 22.9 Å². The van der Waals surface area contributed by atoms with E-state index in [1.54, 1.807) is 11.3 Å². The number of ether oxygens (including phenoxy) is 1. The molecular weight excluding hydrogens is 280 g/mol. The monoisotopic (exact) mass is 296 g/mol. The van der Waals surface area contributed by atoms with E-state index in [1.807, 2.05) is 31.2 Å². The van der Waals surface area contributed by atoms with E-state index in [4.69, 9.17) is 16.3 Å². The Hall–Kier alpha value is -1.10. The van der Waals surface area contributed by atoms with E-state index in [1.165, 1.54) is 4.88 Å². The highest BCUT2D eigenvalue weighted by Gasteiger charge is 2.08. The summed E-state index contributed by atoms with van der Waals surface area (Å²) in [5, 5.41) is 4.92. The quantitative estimate of drug-likeness (QED) is 0.880. The summed E-state index contributed by atoms with van der Waals surface area (Å²) in [6, 6.07) is 7.48. The Kier molecular flexibility index (Phi) is 5.19. The van der Waals surface area contributed by atoms with Crippen LogP contribution in [0.2, 0.25) is 5.02 Å². The minimum absolute atomic E-state index is 0.460. The average Bonchev–Trinajstić information content (AvgIpc) is 2.76. The number of nitrogens with one attached hydrogen (secondary N) is 1. The van der Waals surface area contributed by atoms with Crippen molar-refractivity contribution in [1.82, 2.24) is 10.3 Å². The van der Waals surface area contributed by atoms with Crippen molar-refractivity contribution in [2.75, 3.05) is 6.54 Å². The number of aryl methyl sites for hydroxylation is 1. The first kappa shape index (κ1) is 14.3. The highest BCUT2D eigenvalue weighted by molar-refractivity contribution is 7.11. The number of rotatable bonds is 6. The zero-order valence-electron chi connectivity index (χ0n) is 11.1. The summed E-state index contributed by atoms with van der Waals surface area (Å²) in [6.45, 7) is 6.41. The lowest BCUT2D eigenvalue weighted by Gasteiger charge is -2.05. The van der Waals surface area contributed by atoms with Gasteiger partial charge in [0.25, 0.3) is 0 Å². The molecule has 0 spiro atoms. The lowest BCUT2D eigenvalue weighted by Crippen LogP contribution is -2.11. The van der Waals surface area contributed by atoms with Gasteiger partial charge in [0.2, 0.25) is 0 Å². The van der Waals surface area contributed by atoms with Gasteiger partial charge in [0.05, 0.1) is 10.7 Å². The van der Waals surface area contributed by atoms with E-state index in [0.717, 1.165) is 23.8 Å². The van der Waals surface area contributed by atoms with Crippen LogP contribution < -0.4 is 10.1 Å². The topological polar surface area (TPSA) is 34.1 Å². The Morgan fingerprint density at radius 2 is 2.16 bits per heavy atom. The van der Waals surface area contributed by atoms with Gasteiger partial charge in [-0.05, 0) is 25.6 Å². The predicted molar refractivity (Wildman–Crippen MR) is 80.0 cm³/mol. The maximum Gasteiger partial charge on any atom is 0.140 e. The van der Waals surface area contributed by atoms with Crippen molar-refractivity contribution in [2.45, 2.75) is 27.0 Å². The van der Waals surface area contributed by atoms with Crippen molar-refractivity contribution in [2.24, 2.45) is 0 Å². The minimum Gasteiger partial charge on any atom is -0.485 e. The number of aromatic nitrogens is 1. The van der Waals surface area contributed by atoms with Gasteiger partial charge in [-0.3, -0.25) is 0 Å². The van der Waals surface area contributed by atoms with Gasteiger partial charge in [-0.1, -0.05) is 30.7 Å². The molecule has 0 fully saturated rings. The highest BCUT2D eigenvalue weighted by Crippen LogP contribution is 2.25. The van der Waals surface area contributed by atoms with Crippen molar-refractivity contribution in [3.63, 3.8) is 0 Å². The summed E-state index contributed by atoms with van der Waals surface area (Å²) < 4.78 is 5.69. The van der Waals surface area contributed by atoms with Crippen molar-refractivity contribution in [3.8, 4) is 5.75 Å². The van der Waals surface area contributed by atoms with Crippen LogP contribution in [0.25, 0.3) is 0 Å². The second-order valence-corrected chi connectivity index (χ2v) is 5.69. The van der Waals surface area contributed by atoms with Crippen molar-refractivity contribution in [3.05, 3.63) is 44.9 Å². The maximum atomic E-state index is 6.04. The molecule has 19 heavy (non-hydrogen) atoms. The fraction of sp³-hybridized carbons (Fsp3) is 0.357. The third kappa shape index (κ3) is 3.93. The first-order valence-electron chi connectivity index (χ1n) is 6.24. The molecule has 0 aliphatic heterocycles. The van der Waals surface area contributed by atoms with E-state index < -0.39 is 0 Å². The molecule has 1 aromatic carbocycles. The molecule has 0 aliphatic carbocycles. The maximum absolute atomic E-state index is 6.04. The Bertz CT molecular complexity index is 542. The van der Waals surface area contributed by atoms with Gasteiger partial charge in [0.15, 0.2) is 0 Å². The van der Waals surface area contributed by atoms with Crippen LogP contribution in [0.5, 0.6) is 5.75 Å². The third-order valence-corrected chi connectivity index (χ3v) is 4.10. The molecule has 2 rings (SSSR count). The van der Waals surface area contributed by atoms with E-state index in [-0.39, 0.29) is 0 Å². The van der Waals surface area contributed by atoms with Crippen molar-refractivity contribution < 1.29 is 4.74 Å². The molecule has 1 N–H and O–H groups in total. The Morgan fingerprint density at radius 3 is 2.89 bits per heavy atom. The smallest absolute Gasteiger partial charge is 0.140 e. The van der Waals surface area contributed by atoms with Crippen LogP contribution in [0.15, 0.2) is 24.3 Å². The van der Waals surface area contributed by atoms with Crippen LogP contribution in [0.4, 0.5) is 0 Å². The van der Waals surface area contributed by atoms with E-state index in [2.05, 4.69) is 17.2 Å². The Morgan fingerprint density at radius 1 is 1.37 bits per heavy atom. The number of nitrogens with zero attached hydrogens (tertiary/aromatic N) is 1. The van der Waals surface area contributed by atoms with Crippen LogP contribution in [-0.2, 0) is 13.2 Å². The molecule has 0 radical (unpaired) electrons. The largest absolute Gasteiger partial charge is 0.485 e. The average molecular weight is 297 g/mol. The predicted octanol–water partition coefficient (Wildman–Crippen LogP) is 3.79. The number of hydrogen-bond donors (Lipinski definition) is 1. The number of thiazole rings is 1. The second-order valence-electron chi connectivity index (χ2n) is 4.12. The SMILES string of the molecule is CCNCc1sc(COc2ccccc2Cl)nc1C. The fourth-order valence-corrected chi connectivity index (χ4v) is 2.80. The standard InChI is InChI=1S/C14H17ClN2OS/c1-3-16-8-13-10(2)17-14(19-13)9-18-12-7-5-4-6-11(12)15/h4-7,16H,3,8-9H2,1-2H3. The summed E-state index contributed by atoms with van der Waals surface area (Å²) in [5.74, 6) is 0.699. The first-order valence-corrected chi connectivity index (χ1v) is 7.43. The highest BCUT2D eigenvalue weighted by atomic mass is 35.5. The van der Waals surface area contributed by atoms with Gasteiger partial charge in [-0.25, -0.2) is 4.98 Å². The Labute approximate surface area is 122 Å². The van der Waals surface area contributed by atoms with Crippen LogP contribution in [0, 0.1) is 6.92 Å². The summed E-state index contributed by atoms with van der Waals surface area (Å²) in [5.41, 5.74) is 1.07. The number of hydrogen-bond acceptors (Lipinski definition) is 4. The summed E-state index contributed by atoms with van der Waals surface area (Å²) in [6.07, 6.45) is 0. The molecule has 1 aromatic heterocycles. The van der Waals surface area contributed by atoms with Crippen LogP contribution in [0.1, 0.15) is 22.5 Å². The Balaban J connectivity index is 1.98. The molecule has 0 unspecified atom stereocenters. The fourth-order valence-electron chi connectivity index (χ4n) is 1.65. The zero-order valence-corrected chi connectivity index (χ0v) is 12.6. The van der Waals surface area contributed by atoms with Crippen LogP contribution >= 0.6 is 22.9 Å². The second kappa shape index (κ2) is 6.89. The van der Waals surface area contributed by atoms with Crippen LogP contribution in [0.3, 0.4) is 0 Å². The molecule has 0 bridgehead atoms. The molecule has 0 aliphatic rings. The number of benzene rings is 1. The van der Waals surface area contributed by atoms with Gasteiger partial charge in [0.1, 0.15) is 17.4 Å². The van der Waals surface area contributed by atoms with Gasteiger partial charge < -0.3 is 10.1 Å². The lowest BCUT2D eigenvalue weighted by molar-refractivity contribution is 0.305. The number of para-hydroxylation sites is 1. The summed E-state index contributed by atoms with van der Waals surface area (Å²) >= 11 is 7.73. The molecule has 5 heteroatoms. The first-order chi connectivity index (χ1) is 9.20. The molecule has 0 saturated heterocycles. The molecule has 102 valence electrons. The molecule has 0 saturated carbocycles. The van der Waals surface area contributed by atoms with Gasteiger partial charge in [0, 0.05) is 11.4 Å².